The second-order valence-electron chi connectivity index (χ2n) is 3.65. The predicted molar refractivity (Wildman–Crippen MR) is 43.9 cm³/mol. The third-order valence-electron chi connectivity index (χ3n) is 2.96. The van der Waals surface area contributed by atoms with Crippen molar-refractivity contribution in [3.05, 3.63) is 11.6 Å². The van der Waals surface area contributed by atoms with Crippen molar-refractivity contribution >= 4 is 0 Å². The Bertz CT molecular complexity index is 144. The molecule has 0 aliphatic heterocycles. The van der Waals surface area contributed by atoms with Crippen molar-refractivity contribution in [2.24, 2.45) is 5.92 Å². The Morgan fingerprint density at radius 1 is 1.10 bits per heavy atom. The van der Waals surface area contributed by atoms with Gasteiger partial charge in [-0.2, -0.15) is 0 Å². The van der Waals surface area contributed by atoms with Crippen LogP contribution in [0, 0.1) is 5.92 Å². The lowest BCUT2D eigenvalue weighted by molar-refractivity contribution is 0.402. The van der Waals surface area contributed by atoms with E-state index in [0.717, 1.165) is 5.92 Å². The standard InChI is InChI=1S/C10H16/c1-2-6-10-8-4-3-7-9(10)5-1/h5,10H,1-4,6-8H2. The summed E-state index contributed by atoms with van der Waals surface area (Å²) in [6, 6.07) is 0. The van der Waals surface area contributed by atoms with E-state index in [1.165, 1.54) is 44.9 Å². The van der Waals surface area contributed by atoms with E-state index in [4.69, 9.17) is 0 Å². The van der Waals surface area contributed by atoms with Crippen molar-refractivity contribution in [3.8, 4) is 0 Å². The summed E-state index contributed by atoms with van der Waals surface area (Å²) in [7, 11) is 0. The van der Waals surface area contributed by atoms with E-state index in [9.17, 15) is 0 Å². The first kappa shape index (κ1) is 6.45. The van der Waals surface area contributed by atoms with E-state index in [-0.39, 0.29) is 0 Å². The van der Waals surface area contributed by atoms with Crippen LogP contribution in [0.1, 0.15) is 44.9 Å². The Morgan fingerprint density at radius 3 is 2.90 bits per heavy atom. The maximum absolute atomic E-state index is 2.51. The van der Waals surface area contributed by atoms with Crippen molar-refractivity contribution in [2.75, 3.05) is 0 Å². The molecule has 0 heteroatoms. The zero-order valence-electron chi connectivity index (χ0n) is 6.60. The second kappa shape index (κ2) is 2.77. The fraction of sp³-hybridized carbons (Fsp3) is 0.800. The van der Waals surface area contributed by atoms with E-state index < -0.39 is 0 Å². The summed E-state index contributed by atoms with van der Waals surface area (Å²) in [4.78, 5) is 0. The van der Waals surface area contributed by atoms with Crippen LogP contribution in [0.5, 0.6) is 0 Å². The molecule has 1 atom stereocenters. The molecule has 0 bridgehead atoms. The monoisotopic (exact) mass is 136 g/mol. The molecule has 2 aliphatic carbocycles. The third-order valence-corrected chi connectivity index (χ3v) is 2.96. The van der Waals surface area contributed by atoms with Gasteiger partial charge in [0.1, 0.15) is 0 Å². The highest BCUT2D eigenvalue weighted by Crippen LogP contribution is 2.36. The molecule has 0 nitrogen and oxygen atoms in total. The van der Waals surface area contributed by atoms with E-state index in [1.807, 2.05) is 0 Å². The van der Waals surface area contributed by atoms with Crippen LogP contribution in [0.15, 0.2) is 11.6 Å². The summed E-state index contributed by atoms with van der Waals surface area (Å²) < 4.78 is 0. The maximum Gasteiger partial charge on any atom is -0.0203 e. The highest BCUT2D eigenvalue weighted by Gasteiger charge is 2.20. The summed E-state index contributed by atoms with van der Waals surface area (Å²) in [5.41, 5.74) is 1.80. The fourth-order valence-electron chi connectivity index (χ4n) is 2.36. The first-order chi connectivity index (χ1) is 4.97. The molecule has 10 heavy (non-hydrogen) atoms. The first-order valence-corrected chi connectivity index (χ1v) is 4.66. The topological polar surface area (TPSA) is 0 Å². The summed E-state index contributed by atoms with van der Waals surface area (Å²) in [5.74, 6) is 1.02. The molecule has 1 saturated carbocycles. The van der Waals surface area contributed by atoms with Crippen LogP contribution in [-0.2, 0) is 0 Å². The van der Waals surface area contributed by atoms with Crippen molar-refractivity contribution < 1.29 is 0 Å². The van der Waals surface area contributed by atoms with E-state index >= 15 is 0 Å². The highest BCUT2D eigenvalue weighted by atomic mass is 14.3. The van der Waals surface area contributed by atoms with Crippen LogP contribution in [0.2, 0.25) is 0 Å². The summed E-state index contributed by atoms with van der Waals surface area (Å²) in [5, 5.41) is 0. The molecule has 2 aliphatic rings. The van der Waals surface area contributed by atoms with E-state index in [0.29, 0.717) is 0 Å². The molecule has 0 saturated heterocycles. The molecule has 0 aromatic rings. The minimum absolute atomic E-state index is 1.02. The van der Waals surface area contributed by atoms with Gasteiger partial charge in [0.05, 0.1) is 0 Å². The van der Waals surface area contributed by atoms with Gasteiger partial charge in [-0.05, 0) is 44.4 Å². The zero-order chi connectivity index (χ0) is 6.81. The van der Waals surface area contributed by atoms with E-state index in [2.05, 4.69) is 6.08 Å². The highest BCUT2D eigenvalue weighted by molar-refractivity contribution is 5.11. The SMILES string of the molecule is C1=C2CCCCC2CCC1. The fourth-order valence-corrected chi connectivity index (χ4v) is 2.36. The number of hydrogen-bond donors (Lipinski definition) is 0. The Morgan fingerprint density at radius 2 is 2.00 bits per heavy atom. The lowest BCUT2D eigenvalue weighted by Crippen LogP contribution is -2.12. The zero-order valence-corrected chi connectivity index (χ0v) is 6.60. The molecular formula is C10H16. The molecule has 0 N–H and O–H groups in total. The van der Waals surface area contributed by atoms with Gasteiger partial charge in [0.2, 0.25) is 0 Å². The Hall–Kier alpha value is -0.260. The minimum Gasteiger partial charge on any atom is -0.0851 e. The summed E-state index contributed by atoms with van der Waals surface area (Å²) in [6.07, 6.45) is 12.7. The van der Waals surface area contributed by atoms with Gasteiger partial charge in [0.25, 0.3) is 0 Å². The van der Waals surface area contributed by atoms with Gasteiger partial charge in [-0.3, -0.25) is 0 Å². The lowest BCUT2D eigenvalue weighted by atomic mass is 9.78. The first-order valence-electron chi connectivity index (χ1n) is 4.66. The number of rotatable bonds is 0. The van der Waals surface area contributed by atoms with Crippen molar-refractivity contribution in [2.45, 2.75) is 44.9 Å². The molecule has 0 amide bonds. The number of fused-ring (bicyclic) bond motifs is 1. The summed E-state index contributed by atoms with van der Waals surface area (Å²) in [6.45, 7) is 0. The molecule has 1 unspecified atom stereocenters. The molecule has 0 aromatic carbocycles. The van der Waals surface area contributed by atoms with Crippen LogP contribution in [-0.4, -0.2) is 0 Å². The minimum atomic E-state index is 1.02. The molecule has 56 valence electrons. The van der Waals surface area contributed by atoms with Gasteiger partial charge in [0.15, 0.2) is 0 Å². The van der Waals surface area contributed by atoms with Crippen LogP contribution in [0.25, 0.3) is 0 Å². The average molecular weight is 136 g/mol. The van der Waals surface area contributed by atoms with Gasteiger partial charge in [-0.1, -0.05) is 18.1 Å². The third kappa shape index (κ3) is 1.12. The second-order valence-corrected chi connectivity index (χ2v) is 3.65. The largest absolute Gasteiger partial charge is 0.0851 e. The Kier molecular flexibility index (Phi) is 1.79. The van der Waals surface area contributed by atoms with Crippen LogP contribution >= 0.6 is 0 Å². The molecule has 1 fully saturated rings. The molecule has 0 spiro atoms. The average Bonchev–Trinajstić information content (AvgIpc) is 2.05. The summed E-state index contributed by atoms with van der Waals surface area (Å²) >= 11 is 0. The van der Waals surface area contributed by atoms with Crippen molar-refractivity contribution in [1.29, 1.82) is 0 Å². The smallest absolute Gasteiger partial charge is 0.0203 e. The van der Waals surface area contributed by atoms with Crippen LogP contribution in [0.3, 0.4) is 0 Å². The Labute approximate surface area is 63.3 Å². The molecule has 0 radical (unpaired) electrons. The van der Waals surface area contributed by atoms with Gasteiger partial charge in [-0.15, -0.1) is 0 Å². The van der Waals surface area contributed by atoms with Crippen molar-refractivity contribution in [3.63, 3.8) is 0 Å². The number of hydrogen-bond acceptors (Lipinski definition) is 0. The normalized spacial score (nSPS) is 32.8. The predicted octanol–water partition coefficient (Wildman–Crippen LogP) is 3.29. The van der Waals surface area contributed by atoms with E-state index in [1.54, 1.807) is 5.57 Å². The molecule has 0 heterocycles. The van der Waals surface area contributed by atoms with Gasteiger partial charge < -0.3 is 0 Å². The number of allylic oxidation sites excluding steroid dienone is 2. The van der Waals surface area contributed by atoms with Crippen molar-refractivity contribution in [1.82, 2.24) is 0 Å². The van der Waals surface area contributed by atoms with Gasteiger partial charge >= 0.3 is 0 Å². The van der Waals surface area contributed by atoms with Gasteiger partial charge in [-0.25, -0.2) is 0 Å². The lowest BCUT2D eigenvalue weighted by Gasteiger charge is -2.28. The van der Waals surface area contributed by atoms with Crippen LogP contribution < -0.4 is 0 Å². The van der Waals surface area contributed by atoms with Crippen LogP contribution in [0.4, 0.5) is 0 Å². The van der Waals surface area contributed by atoms with Gasteiger partial charge in [0, 0.05) is 0 Å². The molecule has 2 rings (SSSR count). The molecule has 0 aromatic heterocycles. The quantitative estimate of drug-likeness (QED) is 0.448. The Balaban J connectivity index is 2.08. The maximum atomic E-state index is 2.51. The molecular weight excluding hydrogens is 120 g/mol.